The number of nitrogens with zero attached hydrogens (tertiary/aromatic N) is 1. The fourth-order valence-corrected chi connectivity index (χ4v) is 2.91. The molecule has 3 aromatic carbocycles. The van der Waals surface area contributed by atoms with Crippen LogP contribution in [0.5, 0.6) is 5.75 Å². The molecule has 0 fully saturated rings. The summed E-state index contributed by atoms with van der Waals surface area (Å²) >= 11 is 0. The minimum atomic E-state index is -0.278. The van der Waals surface area contributed by atoms with Crippen molar-refractivity contribution in [2.24, 2.45) is 0 Å². The Hall–Kier alpha value is -3.60. The summed E-state index contributed by atoms with van der Waals surface area (Å²) in [6.07, 6.45) is 0. The molecule has 2 amide bonds. The van der Waals surface area contributed by atoms with E-state index in [4.69, 9.17) is 4.74 Å². The topological polar surface area (TPSA) is 58.6 Å². The van der Waals surface area contributed by atoms with Gasteiger partial charge in [0.25, 0.3) is 5.91 Å². The maximum absolute atomic E-state index is 12.9. The Balaban J connectivity index is 1.87. The Bertz CT molecular complexity index is 953. The van der Waals surface area contributed by atoms with Crippen molar-refractivity contribution in [1.29, 1.82) is 0 Å². The molecule has 3 rings (SSSR count). The van der Waals surface area contributed by atoms with E-state index in [0.29, 0.717) is 29.2 Å². The third-order valence-electron chi connectivity index (χ3n) is 4.35. The molecule has 0 radical (unpaired) electrons. The Kier molecular flexibility index (Phi) is 6.07. The predicted octanol–water partition coefficient (Wildman–Crippen LogP) is 4.50. The standard InChI is InChI=1S/C23H22N2O3/c1-17(26)25(16-18-8-4-3-5-9-18)22-11-7-6-10-21(22)23(27)24-19-12-14-20(28-2)15-13-19/h3-15H,16H2,1-2H3,(H,24,27). The molecule has 0 aromatic heterocycles. The zero-order chi connectivity index (χ0) is 19.9. The van der Waals surface area contributed by atoms with Gasteiger partial charge in [0, 0.05) is 12.6 Å². The van der Waals surface area contributed by atoms with Gasteiger partial charge >= 0.3 is 0 Å². The van der Waals surface area contributed by atoms with Crippen molar-refractivity contribution in [1.82, 2.24) is 0 Å². The van der Waals surface area contributed by atoms with Crippen molar-refractivity contribution in [3.05, 3.63) is 90.0 Å². The van der Waals surface area contributed by atoms with Gasteiger partial charge in [0.1, 0.15) is 5.75 Å². The molecule has 0 aliphatic rings. The first-order valence-corrected chi connectivity index (χ1v) is 8.95. The number of rotatable bonds is 6. The van der Waals surface area contributed by atoms with E-state index in [1.54, 1.807) is 54.5 Å². The SMILES string of the molecule is COc1ccc(NC(=O)c2ccccc2N(Cc2ccccc2)C(C)=O)cc1. The molecule has 5 heteroatoms. The third-order valence-corrected chi connectivity index (χ3v) is 4.35. The molecule has 0 atom stereocenters. The van der Waals surface area contributed by atoms with Crippen molar-refractivity contribution in [2.45, 2.75) is 13.5 Å². The van der Waals surface area contributed by atoms with E-state index in [1.165, 1.54) is 6.92 Å². The van der Waals surface area contributed by atoms with Crippen LogP contribution in [-0.4, -0.2) is 18.9 Å². The van der Waals surface area contributed by atoms with E-state index in [1.807, 2.05) is 36.4 Å². The number of carbonyl (C=O) groups is 2. The number of para-hydroxylation sites is 1. The zero-order valence-electron chi connectivity index (χ0n) is 15.9. The first-order valence-electron chi connectivity index (χ1n) is 8.95. The minimum Gasteiger partial charge on any atom is -0.497 e. The van der Waals surface area contributed by atoms with Gasteiger partial charge < -0.3 is 15.0 Å². The van der Waals surface area contributed by atoms with Gasteiger partial charge in [-0.3, -0.25) is 9.59 Å². The molecule has 5 nitrogen and oxygen atoms in total. The van der Waals surface area contributed by atoms with Crippen molar-refractivity contribution in [3.8, 4) is 5.75 Å². The summed E-state index contributed by atoms with van der Waals surface area (Å²) in [6, 6.07) is 23.9. The number of carbonyl (C=O) groups excluding carboxylic acids is 2. The van der Waals surface area contributed by atoms with Crippen molar-refractivity contribution in [3.63, 3.8) is 0 Å². The largest absolute Gasteiger partial charge is 0.497 e. The van der Waals surface area contributed by atoms with E-state index in [0.717, 1.165) is 5.56 Å². The molecule has 0 heterocycles. The summed E-state index contributed by atoms with van der Waals surface area (Å²) in [5.41, 5.74) is 2.65. The normalized spacial score (nSPS) is 10.2. The van der Waals surface area contributed by atoms with Gasteiger partial charge in [-0.05, 0) is 42.0 Å². The molecule has 0 aliphatic carbocycles. The van der Waals surface area contributed by atoms with Crippen LogP contribution >= 0.6 is 0 Å². The molecule has 0 saturated heterocycles. The number of methoxy groups -OCH3 is 1. The second-order valence-corrected chi connectivity index (χ2v) is 6.29. The van der Waals surface area contributed by atoms with E-state index < -0.39 is 0 Å². The summed E-state index contributed by atoms with van der Waals surface area (Å²) in [4.78, 5) is 26.8. The molecule has 0 bridgehead atoms. The number of anilines is 2. The summed E-state index contributed by atoms with van der Waals surface area (Å²) in [5, 5.41) is 2.88. The second kappa shape index (κ2) is 8.86. The molecule has 0 aliphatic heterocycles. The van der Waals surface area contributed by atoms with Crippen LogP contribution in [0.2, 0.25) is 0 Å². The first kappa shape index (κ1) is 19.2. The Morgan fingerprint density at radius 1 is 0.893 bits per heavy atom. The quantitative estimate of drug-likeness (QED) is 0.691. The number of benzene rings is 3. The van der Waals surface area contributed by atoms with Crippen LogP contribution in [0, 0.1) is 0 Å². The summed E-state index contributed by atoms with van der Waals surface area (Å²) < 4.78 is 5.14. The average molecular weight is 374 g/mol. The highest BCUT2D eigenvalue weighted by Crippen LogP contribution is 2.24. The molecule has 3 aromatic rings. The lowest BCUT2D eigenvalue weighted by molar-refractivity contribution is -0.116. The van der Waals surface area contributed by atoms with Crippen LogP contribution in [0.25, 0.3) is 0 Å². The Morgan fingerprint density at radius 3 is 2.18 bits per heavy atom. The van der Waals surface area contributed by atoms with Crippen LogP contribution in [0.1, 0.15) is 22.8 Å². The van der Waals surface area contributed by atoms with Gasteiger partial charge in [0.05, 0.1) is 24.9 Å². The van der Waals surface area contributed by atoms with Gasteiger partial charge in [-0.15, -0.1) is 0 Å². The molecule has 28 heavy (non-hydrogen) atoms. The summed E-state index contributed by atoms with van der Waals surface area (Å²) in [6.45, 7) is 1.89. The highest BCUT2D eigenvalue weighted by atomic mass is 16.5. The van der Waals surface area contributed by atoms with Gasteiger partial charge in [0.15, 0.2) is 0 Å². The Labute approximate surface area is 164 Å². The number of hydrogen-bond donors (Lipinski definition) is 1. The lowest BCUT2D eigenvalue weighted by Gasteiger charge is -2.24. The van der Waals surface area contributed by atoms with Crippen LogP contribution in [0.4, 0.5) is 11.4 Å². The monoisotopic (exact) mass is 374 g/mol. The highest BCUT2D eigenvalue weighted by Gasteiger charge is 2.19. The summed E-state index contributed by atoms with van der Waals surface area (Å²) in [5.74, 6) is 0.303. The van der Waals surface area contributed by atoms with E-state index in [2.05, 4.69) is 5.32 Å². The molecule has 1 N–H and O–H groups in total. The maximum atomic E-state index is 12.9. The molecular weight excluding hydrogens is 352 g/mol. The smallest absolute Gasteiger partial charge is 0.257 e. The van der Waals surface area contributed by atoms with Gasteiger partial charge in [-0.1, -0.05) is 42.5 Å². The number of hydrogen-bond acceptors (Lipinski definition) is 3. The van der Waals surface area contributed by atoms with Crippen LogP contribution in [-0.2, 0) is 11.3 Å². The van der Waals surface area contributed by atoms with E-state index in [-0.39, 0.29) is 11.8 Å². The van der Waals surface area contributed by atoms with Gasteiger partial charge in [-0.25, -0.2) is 0 Å². The van der Waals surface area contributed by atoms with Crippen LogP contribution in [0.3, 0.4) is 0 Å². The summed E-state index contributed by atoms with van der Waals surface area (Å²) in [7, 11) is 1.59. The second-order valence-electron chi connectivity index (χ2n) is 6.29. The molecule has 0 unspecified atom stereocenters. The van der Waals surface area contributed by atoms with Crippen LogP contribution in [0.15, 0.2) is 78.9 Å². The van der Waals surface area contributed by atoms with E-state index >= 15 is 0 Å². The predicted molar refractivity (Wildman–Crippen MR) is 111 cm³/mol. The van der Waals surface area contributed by atoms with Gasteiger partial charge in [0.2, 0.25) is 5.91 Å². The maximum Gasteiger partial charge on any atom is 0.257 e. The van der Waals surface area contributed by atoms with Crippen molar-refractivity contribution >= 4 is 23.2 Å². The molecule has 0 spiro atoms. The lowest BCUT2D eigenvalue weighted by Crippen LogP contribution is -2.30. The third kappa shape index (κ3) is 4.57. The Morgan fingerprint density at radius 2 is 1.54 bits per heavy atom. The zero-order valence-corrected chi connectivity index (χ0v) is 15.9. The lowest BCUT2D eigenvalue weighted by atomic mass is 10.1. The number of nitrogens with one attached hydrogen (secondary N) is 1. The molecular formula is C23H22N2O3. The van der Waals surface area contributed by atoms with Crippen molar-refractivity contribution < 1.29 is 14.3 Å². The first-order chi connectivity index (χ1) is 13.6. The fraction of sp³-hybridized carbons (Fsp3) is 0.130. The average Bonchev–Trinajstić information content (AvgIpc) is 2.73. The van der Waals surface area contributed by atoms with Gasteiger partial charge in [-0.2, -0.15) is 0 Å². The van der Waals surface area contributed by atoms with E-state index in [9.17, 15) is 9.59 Å². The fourth-order valence-electron chi connectivity index (χ4n) is 2.91. The number of amides is 2. The van der Waals surface area contributed by atoms with Crippen molar-refractivity contribution in [2.75, 3.05) is 17.3 Å². The molecule has 0 saturated carbocycles. The molecule has 142 valence electrons. The minimum absolute atomic E-state index is 0.131. The number of ether oxygens (including phenoxy) is 1. The van der Waals surface area contributed by atoms with Crippen LogP contribution < -0.4 is 15.0 Å². The highest BCUT2D eigenvalue weighted by molar-refractivity contribution is 6.10.